The maximum absolute atomic E-state index is 13.1. The smallest absolute Gasteiger partial charge is 1.00 e. The van der Waals surface area contributed by atoms with Gasteiger partial charge in [0.1, 0.15) is 11.6 Å². The molecule has 0 radical (unpaired) electrons. The van der Waals surface area contributed by atoms with Crippen LogP contribution in [0.4, 0.5) is 8.78 Å². The van der Waals surface area contributed by atoms with Crippen LogP contribution in [0.3, 0.4) is 0 Å². The van der Waals surface area contributed by atoms with Gasteiger partial charge in [-0.3, -0.25) is 9.59 Å². The number of esters is 1. The van der Waals surface area contributed by atoms with Crippen molar-refractivity contribution in [1.29, 1.82) is 0 Å². The van der Waals surface area contributed by atoms with Crippen LogP contribution < -0.4 is 29.6 Å². The van der Waals surface area contributed by atoms with Crippen molar-refractivity contribution in [3.8, 4) is 0 Å². The van der Waals surface area contributed by atoms with Gasteiger partial charge in [-0.15, -0.1) is 0 Å². The van der Waals surface area contributed by atoms with Gasteiger partial charge in [-0.1, -0.05) is 6.07 Å². The van der Waals surface area contributed by atoms with E-state index in [1.807, 2.05) is 0 Å². The molecule has 92 valence electrons. The zero-order chi connectivity index (χ0) is 13.0. The van der Waals surface area contributed by atoms with Crippen LogP contribution in [0, 0.1) is 11.6 Å². The maximum atomic E-state index is 13.1. The molecule has 0 atom stereocenters. The summed E-state index contributed by atoms with van der Waals surface area (Å²) in [4.78, 5) is 33.2. The Morgan fingerprint density at radius 1 is 1.22 bits per heavy atom. The number of carbonyl (C=O) groups excluding carboxylic acids is 3. The fourth-order valence-electron chi connectivity index (χ4n) is 1.18. The molecule has 1 aromatic carbocycles. The summed E-state index contributed by atoms with van der Waals surface area (Å²) in [7, 11) is 0.967. The molecule has 1 rings (SSSR count). The molecular weight excluding hydrogens is 257 g/mol. The van der Waals surface area contributed by atoms with Crippen LogP contribution in [0.5, 0.6) is 0 Å². The van der Waals surface area contributed by atoms with Gasteiger partial charge in [0.25, 0.3) is 0 Å². The van der Waals surface area contributed by atoms with E-state index >= 15 is 0 Å². The summed E-state index contributed by atoms with van der Waals surface area (Å²) in [5, 5.41) is 0. The first kappa shape index (κ1) is 16.9. The normalized spacial score (nSPS) is 9.28. The number of hydrogen-bond donors (Lipinski definition) is 0. The molecule has 1 aromatic rings. The molecule has 0 spiro atoms. The molecule has 0 fully saturated rings. The standard InChI is InChI=1S/C11H8F2O4.Na.H/c1-17-11(16)9(15)5-8(14)10-6(12)3-2-4-7(10)13;;/h2-4H,5H2,1H3;;/q;+1;-1. The molecular formula is C11H9F2NaO4. The average molecular weight is 266 g/mol. The molecule has 7 heteroatoms. The van der Waals surface area contributed by atoms with Gasteiger partial charge >= 0.3 is 35.5 Å². The summed E-state index contributed by atoms with van der Waals surface area (Å²) < 4.78 is 30.4. The Kier molecular flexibility index (Phi) is 6.90. The van der Waals surface area contributed by atoms with Crippen LogP contribution in [-0.4, -0.2) is 24.6 Å². The first-order valence-corrected chi connectivity index (χ1v) is 4.55. The molecule has 0 N–H and O–H groups in total. The zero-order valence-electron chi connectivity index (χ0n) is 10.8. The summed E-state index contributed by atoms with van der Waals surface area (Å²) in [6, 6.07) is 2.86. The largest absolute Gasteiger partial charge is 1.00 e. The monoisotopic (exact) mass is 266 g/mol. The van der Waals surface area contributed by atoms with Gasteiger partial charge in [0, 0.05) is 0 Å². The van der Waals surface area contributed by atoms with E-state index in [0.717, 1.165) is 25.3 Å². The van der Waals surface area contributed by atoms with Crippen LogP contribution >= 0.6 is 0 Å². The van der Waals surface area contributed by atoms with E-state index < -0.39 is 41.2 Å². The molecule has 0 aliphatic rings. The molecule has 0 amide bonds. The van der Waals surface area contributed by atoms with Crippen molar-refractivity contribution < 1.29 is 58.9 Å². The van der Waals surface area contributed by atoms with Crippen molar-refractivity contribution >= 4 is 17.5 Å². The molecule has 0 aliphatic heterocycles. The van der Waals surface area contributed by atoms with Crippen LogP contribution in [0.25, 0.3) is 0 Å². The number of hydrogen-bond acceptors (Lipinski definition) is 4. The minimum absolute atomic E-state index is 0. The number of ether oxygens (including phenoxy) is 1. The van der Waals surface area contributed by atoms with Crippen LogP contribution in [0.1, 0.15) is 18.2 Å². The van der Waals surface area contributed by atoms with Gasteiger partial charge in [-0.25, -0.2) is 13.6 Å². The maximum Gasteiger partial charge on any atom is 1.00 e. The number of ketones is 2. The fraction of sp³-hybridized carbons (Fsp3) is 0.182. The number of Topliss-reactive ketones (excluding diaryl/α,β-unsaturated/α-hetero) is 2. The number of carbonyl (C=O) groups is 3. The van der Waals surface area contributed by atoms with E-state index in [2.05, 4.69) is 4.74 Å². The summed E-state index contributed by atoms with van der Waals surface area (Å²) >= 11 is 0. The Labute approximate surface area is 125 Å². The fourth-order valence-corrected chi connectivity index (χ4v) is 1.18. The van der Waals surface area contributed by atoms with E-state index in [4.69, 9.17) is 0 Å². The van der Waals surface area contributed by atoms with Crippen molar-refractivity contribution in [2.45, 2.75) is 6.42 Å². The van der Waals surface area contributed by atoms with Crippen molar-refractivity contribution in [2.75, 3.05) is 7.11 Å². The third-order valence-corrected chi connectivity index (χ3v) is 1.98. The SMILES string of the molecule is COC(=O)C(=O)CC(=O)c1c(F)cccc1F.[H-].[Na+]. The molecule has 4 nitrogen and oxygen atoms in total. The Bertz CT molecular complexity index is 473. The second-order valence-corrected chi connectivity index (χ2v) is 3.11. The van der Waals surface area contributed by atoms with Gasteiger partial charge in [-0.2, -0.15) is 0 Å². The number of halogens is 2. The van der Waals surface area contributed by atoms with Gasteiger partial charge in [0.15, 0.2) is 5.78 Å². The summed E-state index contributed by atoms with van der Waals surface area (Å²) in [5.74, 6) is -5.63. The van der Waals surface area contributed by atoms with Gasteiger partial charge < -0.3 is 6.16 Å². The van der Waals surface area contributed by atoms with Gasteiger partial charge in [-0.05, 0) is 12.1 Å². The Morgan fingerprint density at radius 3 is 2.17 bits per heavy atom. The van der Waals surface area contributed by atoms with Crippen LogP contribution in [0.2, 0.25) is 0 Å². The molecule has 0 unspecified atom stereocenters. The molecule has 0 heterocycles. The predicted molar refractivity (Wildman–Crippen MR) is 53.4 cm³/mol. The zero-order valence-corrected chi connectivity index (χ0v) is 11.8. The molecule has 0 aromatic heterocycles. The third-order valence-electron chi connectivity index (χ3n) is 1.98. The van der Waals surface area contributed by atoms with E-state index in [1.165, 1.54) is 0 Å². The summed E-state index contributed by atoms with van der Waals surface area (Å²) in [6.07, 6.45) is -0.926. The topological polar surface area (TPSA) is 60.4 Å². The average Bonchev–Trinajstić information content (AvgIpc) is 2.27. The molecule has 0 aliphatic carbocycles. The predicted octanol–water partition coefficient (Wildman–Crippen LogP) is -1.60. The summed E-state index contributed by atoms with van der Waals surface area (Å²) in [5.41, 5.74) is -0.829. The number of rotatable bonds is 4. The van der Waals surface area contributed by atoms with Crippen molar-refractivity contribution in [3.63, 3.8) is 0 Å². The van der Waals surface area contributed by atoms with Gasteiger partial charge in [0.2, 0.25) is 5.78 Å². The second-order valence-electron chi connectivity index (χ2n) is 3.11. The van der Waals surface area contributed by atoms with Crippen LogP contribution in [-0.2, 0) is 14.3 Å². The molecule has 0 saturated heterocycles. The third kappa shape index (κ3) is 3.97. The number of methoxy groups -OCH3 is 1. The number of benzene rings is 1. The minimum atomic E-state index is -1.23. The van der Waals surface area contributed by atoms with E-state index in [1.54, 1.807) is 0 Å². The molecule has 0 saturated carbocycles. The quantitative estimate of drug-likeness (QED) is 0.216. The molecule has 18 heavy (non-hydrogen) atoms. The van der Waals surface area contributed by atoms with Crippen molar-refractivity contribution in [3.05, 3.63) is 35.4 Å². The molecule has 0 bridgehead atoms. The first-order chi connectivity index (χ1) is 7.97. The van der Waals surface area contributed by atoms with Crippen molar-refractivity contribution in [1.82, 2.24) is 0 Å². The van der Waals surface area contributed by atoms with Crippen molar-refractivity contribution in [2.24, 2.45) is 0 Å². The second kappa shape index (κ2) is 7.35. The van der Waals surface area contributed by atoms with E-state index in [9.17, 15) is 23.2 Å². The van der Waals surface area contributed by atoms with E-state index in [0.29, 0.717) is 0 Å². The Hall–Kier alpha value is -1.11. The van der Waals surface area contributed by atoms with Gasteiger partial charge in [0.05, 0.1) is 19.1 Å². The minimum Gasteiger partial charge on any atom is -1.00 e. The Morgan fingerprint density at radius 2 is 1.72 bits per heavy atom. The van der Waals surface area contributed by atoms with E-state index in [-0.39, 0.29) is 31.0 Å². The summed E-state index contributed by atoms with van der Waals surface area (Å²) in [6.45, 7) is 0. The Balaban J connectivity index is 0. The first-order valence-electron chi connectivity index (χ1n) is 4.55. The van der Waals surface area contributed by atoms with Crippen LogP contribution in [0.15, 0.2) is 18.2 Å².